The molecule has 24 heavy (non-hydrogen) atoms. The van der Waals surface area contributed by atoms with Crippen molar-refractivity contribution in [1.29, 1.82) is 0 Å². The monoisotopic (exact) mass is 350 g/mol. The maximum Gasteiger partial charge on any atom is 0.239 e. The highest BCUT2D eigenvalue weighted by atomic mass is 35.5. The number of hydrogen-bond acceptors (Lipinski definition) is 5. The van der Waals surface area contributed by atoms with E-state index in [1.165, 1.54) is 0 Å². The van der Waals surface area contributed by atoms with Gasteiger partial charge in [0.05, 0.1) is 24.0 Å². The Labute approximate surface area is 147 Å². The van der Waals surface area contributed by atoms with Crippen molar-refractivity contribution in [2.75, 3.05) is 19.6 Å². The number of nitrogens with zero attached hydrogens (tertiary/aromatic N) is 5. The lowest BCUT2D eigenvalue weighted by Gasteiger charge is -2.22. The fraction of sp³-hybridized carbons (Fsp3) is 0.500. The van der Waals surface area contributed by atoms with Gasteiger partial charge in [0.15, 0.2) is 0 Å². The first kappa shape index (κ1) is 18.4. The molecule has 1 aliphatic heterocycles. The molecule has 1 fully saturated rings. The smallest absolute Gasteiger partial charge is 0.239 e. The molecule has 2 aromatic rings. The SMILES string of the molecule is CCN(CC)C(=O)[C@@H]1C[C@@H](n2cc(-c3ccccn3)nn2)CN1.Cl. The summed E-state index contributed by atoms with van der Waals surface area (Å²) in [5, 5.41) is 11.7. The largest absolute Gasteiger partial charge is 0.342 e. The molecule has 130 valence electrons. The van der Waals surface area contributed by atoms with E-state index in [1.54, 1.807) is 6.20 Å². The molecule has 1 saturated heterocycles. The number of rotatable bonds is 5. The number of carbonyl (C=O) groups excluding carboxylic acids is 1. The van der Waals surface area contributed by atoms with E-state index in [4.69, 9.17) is 0 Å². The maximum atomic E-state index is 12.4. The van der Waals surface area contributed by atoms with Crippen molar-refractivity contribution in [2.24, 2.45) is 0 Å². The summed E-state index contributed by atoms with van der Waals surface area (Å²) in [5.74, 6) is 0.169. The highest BCUT2D eigenvalue weighted by Crippen LogP contribution is 2.22. The van der Waals surface area contributed by atoms with Gasteiger partial charge < -0.3 is 10.2 Å². The number of carbonyl (C=O) groups is 1. The van der Waals surface area contributed by atoms with Crippen LogP contribution >= 0.6 is 12.4 Å². The van der Waals surface area contributed by atoms with Crippen LogP contribution in [-0.4, -0.2) is 56.5 Å². The zero-order chi connectivity index (χ0) is 16.2. The van der Waals surface area contributed by atoms with E-state index in [9.17, 15) is 4.79 Å². The molecular weight excluding hydrogens is 328 g/mol. The number of nitrogens with one attached hydrogen (secondary N) is 1. The molecule has 3 heterocycles. The van der Waals surface area contributed by atoms with Crippen LogP contribution in [0, 0.1) is 0 Å². The first-order valence-corrected chi connectivity index (χ1v) is 8.08. The number of halogens is 1. The summed E-state index contributed by atoms with van der Waals surface area (Å²) in [5.41, 5.74) is 1.56. The third kappa shape index (κ3) is 3.73. The number of hydrogen-bond donors (Lipinski definition) is 1. The summed E-state index contributed by atoms with van der Waals surface area (Å²) in [6, 6.07) is 5.72. The minimum Gasteiger partial charge on any atom is -0.342 e. The Morgan fingerprint density at radius 3 is 2.79 bits per heavy atom. The Morgan fingerprint density at radius 1 is 1.33 bits per heavy atom. The third-order valence-corrected chi connectivity index (χ3v) is 4.29. The molecule has 0 aliphatic carbocycles. The minimum atomic E-state index is -0.137. The number of pyridine rings is 1. The van der Waals surface area contributed by atoms with Crippen LogP contribution in [0.2, 0.25) is 0 Å². The second-order valence-corrected chi connectivity index (χ2v) is 5.66. The lowest BCUT2D eigenvalue weighted by molar-refractivity contribution is -0.132. The molecule has 0 aromatic carbocycles. The first-order chi connectivity index (χ1) is 11.2. The van der Waals surface area contributed by atoms with Crippen molar-refractivity contribution in [3.8, 4) is 11.4 Å². The van der Waals surface area contributed by atoms with Crippen LogP contribution in [0.1, 0.15) is 26.3 Å². The predicted octanol–water partition coefficient (Wildman–Crippen LogP) is 1.53. The van der Waals surface area contributed by atoms with Crippen LogP contribution in [0.25, 0.3) is 11.4 Å². The van der Waals surface area contributed by atoms with E-state index in [-0.39, 0.29) is 30.4 Å². The van der Waals surface area contributed by atoms with Gasteiger partial charge in [0.2, 0.25) is 5.91 Å². The molecule has 1 N–H and O–H groups in total. The van der Waals surface area contributed by atoms with Crippen LogP contribution in [0.15, 0.2) is 30.6 Å². The van der Waals surface area contributed by atoms with Gasteiger partial charge in [0.25, 0.3) is 0 Å². The van der Waals surface area contributed by atoms with Crippen molar-refractivity contribution in [1.82, 2.24) is 30.2 Å². The number of aromatic nitrogens is 4. The predicted molar refractivity (Wildman–Crippen MR) is 93.9 cm³/mol. The molecule has 7 nitrogen and oxygen atoms in total. The summed E-state index contributed by atoms with van der Waals surface area (Å²) in [4.78, 5) is 18.6. The highest BCUT2D eigenvalue weighted by Gasteiger charge is 2.33. The number of likely N-dealkylation sites (N-methyl/N-ethyl adjacent to an activating group) is 1. The van der Waals surface area contributed by atoms with Crippen LogP contribution in [0.5, 0.6) is 0 Å². The standard InChI is InChI=1S/C16H22N6O.ClH/c1-3-21(4-2)16(23)14-9-12(10-18-14)22-11-15(19-20-22)13-7-5-6-8-17-13;/h5-8,11-12,14,18H,3-4,9-10H2,1-2H3;1H/t12-,14+;/m1./s1. The number of amides is 1. The van der Waals surface area contributed by atoms with Gasteiger partial charge in [-0.3, -0.25) is 9.78 Å². The van der Waals surface area contributed by atoms with Crippen LogP contribution in [-0.2, 0) is 4.79 Å². The van der Waals surface area contributed by atoms with Gasteiger partial charge in [0.1, 0.15) is 5.69 Å². The third-order valence-electron chi connectivity index (χ3n) is 4.29. The zero-order valence-electron chi connectivity index (χ0n) is 13.9. The Bertz CT molecular complexity index is 658. The first-order valence-electron chi connectivity index (χ1n) is 8.08. The Morgan fingerprint density at radius 2 is 2.12 bits per heavy atom. The van der Waals surface area contributed by atoms with Gasteiger partial charge in [-0.05, 0) is 32.4 Å². The molecule has 1 aliphatic rings. The van der Waals surface area contributed by atoms with Gasteiger partial charge in [-0.15, -0.1) is 17.5 Å². The normalized spacial score (nSPS) is 19.8. The average molecular weight is 351 g/mol. The maximum absolute atomic E-state index is 12.4. The molecule has 0 spiro atoms. The molecule has 3 rings (SSSR count). The summed E-state index contributed by atoms with van der Waals surface area (Å²) in [6.07, 6.45) is 4.38. The van der Waals surface area contributed by atoms with Crippen molar-refractivity contribution in [2.45, 2.75) is 32.4 Å². The van der Waals surface area contributed by atoms with Crippen molar-refractivity contribution >= 4 is 18.3 Å². The van der Waals surface area contributed by atoms with Gasteiger partial charge >= 0.3 is 0 Å². The fourth-order valence-electron chi connectivity index (χ4n) is 2.95. The molecular formula is C16H23ClN6O. The summed E-state index contributed by atoms with van der Waals surface area (Å²) < 4.78 is 1.84. The van der Waals surface area contributed by atoms with E-state index in [0.29, 0.717) is 0 Å². The molecule has 0 radical (unpaired) electrons. The van der Waals surface area contributed by atoms with Crippen molar-refractivity contribution in [3.63, 3.8) is 0 Å². The van der Waals surface area contributed by atoms with E-state index in [1.807, 2.05) is 47.8 Å². The summed E-state index contributed by atoms with van der Waals surface area (Å²) >= 11 is 0. The fourth-order valence-corrected chi connectivity index (χ4v) is 2.95. The Kier molecular flexibility index (Phi) is 6.28. The highest BCUT2D eigenvalue weighted by molar-refractivity contribution is 5.85. The molecule has 0 bridgehead atoms. The van der Waals surface area contributed by atoms with Gasteiger partial charge in [0, 0.05) is 25.8 Å². The topological polar surface area (TPSA) is 75.9 Å². The summed E-state index contributed by atoms with van der Waals surface area (Å²) in [7, 11) is 0. The van der Waals surface area contributed by atoms with Crippen LogP contribution < -0.4 is 5.32 Å². The molecule has 0 unspecified atom stereocenters. The Balaban J connectivity index is 0.00000208. The Hall–Kier alpha value is -1.99. The second-order valence-electron chi connectivity index (χ2n) is 5.66. The molecule has 0 saturated carbocycles. The van der Waals surface area contributed by atoms with Gasteiger partial charge in [-0.1, -0.05) is 11.3 Å². The molecule has 1 amide bonds. The zero-order valence-corrected chi connectivity index (χ0v) is 14.7. The van der Waals surface area contributed by atoms with E-state index in [2.05, 4.69) is 20.6 Å². The molecule has 2 aromatic heterocycles. The second kappa shape index (κ2) is 8.21. The molecule has 2 atom stereocenters. The van der Waals surface area contributed by atoms with E-state index < -0.39 is 0 Å². The van der Waals surface area contributed by atoms with E-state index in [0.717, 1.165) is 37.4 Å². The van der Waals surface area contributed by atoms with E-state index >= 15 is 0 Å². The molecule has 8 heteroatoms. The van der Waals surface area contributed by atoms with Crippen LogP contribution in [0.3, 0.4) is 0 Å². The summed E-state index contributed by atoms with van der Waals surface area (Å²) in [6.45, 7) is 6.22. The quantitative estimate of drug-likeness (QED) is 0.885. The van der Waals surface area contributed by atoms with Crippen molar-refractivity contribution in [3.05, 3.63) is 30.6 Å². The lowest BCUT2D eigenvalue weighted by Crippen LogP contribution is -2.43. The van der Waals surface area contributed by atoms with Crippen molar-refractivity contribution < 1.29 is 4.79 Å². The van der Waals surface area contributed by atoms with Gasteiger partial charge in [-0.25, -0.2) is 4.68 Å². The minimum absolute atomic E-state index is 0. The average Bonchev–Trinajstić information content (AvgIpc) is 3.26. The van der Waals surface area contributed by atoms with Gasteiger partial charge in [-0.2, -0.15) is 0 Å². The van der Waals surface area contributed by atoms with Crippen LogP contribution in [0.4, 0.5) is 0 Å². The lowest BCUT2D eigenvalue weighted by atomic mass is 10.1.